The van der Waals surface area contributed by atoms with Crippen molar-refractivity contribution in [1.29, 1.82) is 0 Å². The lowest BCUT2D eigenvalue weighted by Gasteiger charge is -2.34. The molecule has 0 saturated carbocycles. The van der Waals surface area contributed by atoms with Crippen LogP contribution in [0.25, 0.3) is 0 Å². The van der Waals surface area contributed by atoms with Crippen molar-refractivity contribution in [2.75, 3.05) is 11.5 Å². The van der Waals surface area contributed by atoms with Crippen LogP contribution in [0.15, 0.2) is 64.3 Å². The van der Waals surface area contributed by atoms with Gasteiger partial charge in [0, 0.05) is 30.2 Å². The van der Waals surface area contributed by atoms with E-state index in [-0.39, 0.29) is 12.4 Å². The fraction of sp³-hybridized carbons (Fsp3) is 0.360. The number of hydrogen-bond donors (Lipinski definition) is 1. The first-order chi connectivity index (χ1) is 15.9. The zero-order chi connectivity index (χ0) is 22.8. The Morgan fingerprint density at radius 3 is 2.88 bits per heavy atom. The molecule has 5 unspecified atom stereocenters. The molecule has 0 aromatic heterocycles. The molecule has 5 atom stereocenters. The summed E-state index contributed by atoms with van der Waals surface area (Å²) in [6.07, 6.45) is 6.46. The molecular formula is C25H21N2O6+. The number of ether oxygens (including phenoxy) is 3. The lowest BCUT2D eigenvalue weighted by atomic mass is 9.74. The lowest BCUT2D eigenvalue weighted by Crippen LogP contribution is -2.58. The van der Waals surface area contributed by atoms with Crippen LogP contribution >= 0.6 is 0 Å². The minimum absolute atomic E-state index is 0.253. The average molecular weight is 445 g/mol. The first kappa shape index (κ1) is 19.4. The van der Waals surface area contributed by atoms with Gasteiger partial charge in [0.15, 0.2) is 11.5 Å². The number of aliphatic hydroxyl groups excluding tert-OH is 1. The van der Waals surface area contributed by atoms with Crippen molar-refractivity contribution in [2.45, 2.75) is 49.1 Å². The highest BCUT2D eigenvalue weighted by Gasteiger charge is 2.86. The number of anilines is 1. The molecule has 1 N–H and O–H groups in total. The number of aliphatic imine (C=N–C) groups is 1. The van der Waals surface area contributed by atoms with Crippen LogP contribution in [-0.4, -0.2) is 64.9 Å². The number of amides is 1. The van der Waals surface area contributed by atoms with Crippen LogP contribution in [0.1, 0.15) is 24.2 Å². The van der Waals surface area contributed by atoms with Gasteiger partial charge in [-0.3, -0.25) is 14.5 Å². The predicted octanol–water partition coefficient (Wildman–Crippen LogP) is 1.66. The molecule has 5 heterocycles. The number of benzene rings is 1. The van der Waals surface area contributed by atoms with E-state index in [4.69, 9.17) is 14.2 Å². The SMILES string of the molecule is CC1(C)OC2C(CO)OC3C2(O1)C(=O)N1c2ccccc2C(=O)C31C1=C2[CH+]C=CC=C2N=C1. The summed E-state index contributed by atoms with van der Waals surface area (Å²) in [4.78, 5) is 34.7. The predicted molar refractivity (Wildman–Crippen MR) is 117 cm³/mol. The highest BCUT2D eigenvalue weighted by molar-refractivity contribution is 6.29. The minimum Gasteiger partial charge on any atom is -0.394 e. The molecule has 7 rings (SSSR count). The van der Waals surface area contributed by atoms with Crippen molar-refractivity contribution in [3.8, 4) is 0 Å². The highest BCUT2D eigenvalue weighted by Crippen LogP contribution is 2.63. The van der Waals surface area contributed by atoms with E-state index in [1.165, 1.54) is 4.90 Å². The second kappa shape index (κ2) is 5.90. The summed E-state index contributed by atoms with van der Waals surface area (Å²) in [5.41, 5.74) is -0.0773. The van der Waals surface area contributed by atoms with Crippen LogP contribution in [0, 0.1) is 6.42 Å². The monoisotopic (exact) mass is 445 g/mol. The Hall–Kier alpha value is -3.04. The first-order valence-electron chi connectivity index (χ1n) is 11.0. The van der Waals surface area contributed by atoms with Crippen molar-refractivity contribution < 1.29 is 28.9 Å². The third-order valence-electron chi connectivity index (χ3n) is 7.41. The van der Waals surface area contributed by atoms with Gasteiger partial charge in [0.25, 0.3) is 5.91 Å². The maximum Gasteiger partial charge on any atom is 0.267 e. The van der Waals surface area contributed by atoms with Crippen LogP contribution in [0.5, 0.6) is 0 Å². The summed E-state index contributed by atoms with van der Waals surface area (Å²) >= 11 is 0. The number of fused-ring (bicyclic) bond motifs is 5. The van der Waals surface area contributed by atoms with Crippen molar-refractivity contribution in [3.63, 3.8) is 0 Å². The number of aliphatic hydroxyl groups is 1. The summed E-state index contributed by atoms with van der Waals surface area (Å²) in [7, 11) is 0. The molecule has 3 fully saturated rings. The molecule has 33 heavy (non-hydrogen) atoms. The molecule has 1 amide bonds. The second-order valence-corrected chi connectivity index (χ2v) is 9.51. The van der Waals surface area contributed by atoms with Gasteiger partial charge in [0.1, 0.15) is 23.9 Å². The van der Waals surface area contributed by atoms with E-state index in [9.17, 15) is 14.7 Å². The van der Waals surface area contributed by atoms with Gasteiger partial charge < -0.3 is 19.3 Å². The van der Waals surface area contributed by atoms with Crippen molar-refractivity contribution in [3.05, 3.63) is 71.3 Å². The van der Waals surface area contributed by atoms with Gasteiger partial charge in [-0.2, -0.15) is 4.99 Å². The average Bonchev–Trinajstić information content (AvgIpc) is 3.53. The second-order valence-electron chi connectivity index (χ2n) is 9.51. The number of para-hydroxylation sites is 1. The molecule has 1 aliphatic carbocycles. The van der Waals surface area contributed by atoms with Gasteiger partial charge in [0.2, 0.25) is 16.9 Å². The summed E-state index contributed by atoms with van der Waals surface area (Å²) in [5.74, 6) is -1.74. The molecule has 166 valence electrons. The Bertz CT molecular complexity index is 1280. The molecule has 1 spiro atoms. The molecule has 0 radical (unpaired) electrons. The van der Waals surface area contributed by atoms with Gasteiger partial charge in [-0.05, 0) is 26.0 Å². The zero-order valence-electron chi connectivity index (χ0n) is 18.0. The van der Waals surface area contributed by atoms with Crippen molar-refractivity contribution >= 4 is 23.6 Å². The lowest BCUT2D eigenvalue weighted by molar-refractivity contribution is -0.205. The molecule has 0 bridgehead atoms. The van der Waals surface area contributed by atoms with E-state index in [2.05, 4.69) is 4.99 Å². The largest absolute Gasteiger partial charge is 0.394 e. The number of Topliss-reactive ketones (excluding diaryl/α,β-unsaturated/α-hetero) is 1. The van der Waals surface area contributed by atoms with Crippen LogP contribution < -0.4 is 4.90 Å². The first-order valence-corrected chi connectivity index (χ1v) is 11.0. The third kappa shape index (κ3) is 1.99. The molecule has 8 nitrogen and oxygen atoms in total. The summed E-state index contributed by atoms with van der Waals surface area (Å²) in [6, 6.07) is 7.07. The fourth-order valence-corrected chi connectivity index (χ4v) is 6.35. The number of nitrogens with zero attached hydrogens (tertiary/aromatic N) is 2. The summed E-state index contributed by atoms with van der Waals surface area (Å²) < 4.78 is 18.8. The standard InChI is InChI=1S/C25H21N2O6/c1-23(2)32-20-18(12-28)31-21-24(15-11-26-16-9-5-3-7-13(15)16)19(29)14-8-4-6-10-17(14)27(24)22(30)25(20,21)33-23/h3-11,18,20-21,28H,12H2,1-2H3/q+1. The van der Waals surface area contributed by atoms with E-state index in [1.807, 2.05) is 24.6 Å². The number of carbonyl (C=O) groups is 2. The number of rotatable bonds is 2. The van der Waals surface area contributed by atoms with E-state index < -0.39 is 41.1 Å². The molecule has 3 saturated heterocycles. The zero-order valence-corrected chi connectivity index (χ0v) is 18.0. The van der Waals surface area contributed by atoms with Crippen LogP contribution in [0.4, 0.5) is 5.69 Å². The topological polar surface area (TPSA) is 97.7 Å². The quantitative estimate of drug-likeness (QED) is 0.696. The Kier molecular flexibility index (Phi) is 3.47. The number of carbonyl (C=O) groups excluding carboxylic acids is 2. The van der Waals surface area contributed by atoms with Crippen molar-refractivity contribution in [1.82, 2.24) is 0 Å². The van der Waals surface area contributed by atoms with Crippen molar-refractivity contribution in [2.24, 2.45) is 4.99 Å². The fourth-order valence-electron chi connectivity index (χ4n) is 6.35. The molecule has 8 heteroatoms. The summed E-state index contributed by atoms with van der Waals surface area (Å²) in [5, 5.41) is 10.1. The van der Waals surface area contributed by atoms with E-state index in [0.717, 1.165) is 11.3 Å². The van der Waals surface area contributed by atoms with Crippen LogP contribution in [0.2, 0.25) is 0 Å². The van der Waals surface area contributed by atoms with Gasteiger partial charge in [-0.25, -0.2) is 0 Å². The number of ketones is 1. The molecule has 5 aliphatic heterocycles. The summed E-state index contributed by atoms with van der Waals surface area (Å²) in [6.45, 7) is 3.08. The Morgan fingerprint density at radius 1 is 1.24 bits per heavy atom. The molecule has 1 aromatic rings. The van der Waals surface area contributed by atoms with E-state index in [1.54, 1.807) is 44.3 Å². The Labute approximate surface area is 189 Å². The van der Waals surface area contributed by atoms with Crippen LogP contribution in [0.3, 0.4) is 0 Å². The van der Waals surface area contributed by atoms with E-state index >= 15 is 0 Å². The third-order valence-corrected chi connectivity index (χ3v) is 7.41. The van der Waals surface area contributed by atoms with Gasteiger partial charge >= 0.3 is 0 Å². The molecular weight excluding hydrogens is 424 g/mol. The number of allylic oxidation sites excluding steroid dienone is 4. The maximum atomic E-state index is 14.4. The number of hydrogen-bond acceptors (Lipinski definition) is 7. The Morgan fingerprint density at radius 2 is 2.06 bits per heavy atom. The Balaban J connectivity index is 1.55. The van der Waals surface area contributed by atoms with Gasteiger partial charge in [-0.1, -0.05) is 12.1 Å². The molecule has 6 aliphatic rings. The molecule has 1 aromatic carbocycles. The maximum absolute atomic E-state index is 14.4. The smallest absolute Gasteiger partial charge is 0.267 e. The minimum atomic E-state index is -1.57. The van der Waals surface area contributed by atoms with Gasteiger partial charge in [0.05, 0.1) is 24.1 Å². The van der Waals surface area contributed by atoms with Gasteiger partial charge in [-0.15, -0.1) is 0 Å². The normalized spacial score (nSPS) is 38.8. The van der Waals surface area contributed by atoms with Crippen LogP contribution in [-0.2, 0) is 19.0 Å². The van der Waals surface area contributed by atoms with E-state index in [0.29, 0.717) is 16.8 Å². The highest BCUT2D eigenvalue weighted by atomic mass is 16.8.